The van der Waals surface area contributed by atoms with Crippen molar-refractivity contribution in [3.8, 4) is 0 Å². The fraction of sp³-hybridized carbons (Fsp3) is 0.600. The molecule has 1 fully saturated rings. The Kier molecular flexibility index (Phi) is 3.06. The van der Waals surface area contributed by atoms with Crippen LogP contribution in [0, 0.1) is 6.92 Å². The average molecular weight is 193 g/mol. The summed E-state index contributed by atoms with van der Waals surface area (Å²) in [6, 6.07) is 1.92. The zero-order valence-corrected chi connectivity index (χ0v) is 8.44. The minimum atomic E-state index is 0.825. The van der Waals surface area contributed by atoms with Gasteiger partial charge in [-0.2, -0.15) is 0 Å². The monoisotopic (exact) mass is 193 g/mol. The van der Waals surface area contributed by atoms with Crippen molar-refractivity contribution in [1.82, 2.24) is 14.9 Å². The molecule has 0 unspecified atom stereocenters. The van der Waals surface area contributed by atoms with E-state index in [2.05, 4.69) is 14.9 Å². The Morgan fingerprint density at radius 3 is 2.93 bits per heavy atom. The van der Waals surface area contributed by atoms with Crippen LogP contribution in [0.25, 0.3) is 0 Å². The molecule has 76 valence electrons. The highest BCUT2D eigenvalue weighted by atomic mass is 16.5. The van der Waals surface area contributed by atoms with Crippen LogP contribution in [0.4, 0.5) is 0 Å². The fourth-order valence-electron chi connectivity index (χ4n) is 1.54. The van der Waals surface area contributed by atoms with Crippen LogP contribution in [0.3, 0.4) is 0 Å². The Balaban J connectivity index is 1.95. The second kappa shape index (κ2) is 4.48. The van der Waals surface area contributed by atoms with Crippen LogP contribution in [0.15, 0.2) is 12.3 Å². The Bertz CT molecular complexity index is 297. The minimum Gasteiger partial charge on any atom is -0.379 e. The summed E-state index contributed by atoms with van der Waals surface area (Å²) in [5.74, 6) is 0.909. The van der Waals surface area contributed by atoms with Gasteiger partial charge in [0.2, 0.25) is 0 Å². The van der Waals surface area contributed by atoms with Crippen molar-refractivity contribution in [2.24, 2.45) is 0 Å². The van der Waals surface area contributed by atoms with Gasteiger partial charge < -0.3 is 4.74 Å². The van der Waals surface area contributed by atoms with Gasteiger partial charge in [0.15, 0.2) is 0 Å². The van der Waals surface area contributed by atoms with Gasteiger partial charge >= 0.3 is 0 Å². The van der Waals surface area contributed by atoms with Crippen molar-refractivity contribution in [3.63, 3.8) is 0 Å². The molecule has 1 aliphatic rings. The third-order valence-corrected chi connectivity index (χ3v) is 2.31. The van der Waals surface area contributed by atoms with Crippen LogP contribution in [0.1, 0.15) is 11.5 Å². The second-order valence-corrected chi connectivity index (χ2v) is 3.50. The Morgan fingerprint density at radius 1 is 1.43 bits per heavy atom. The Labute approximate surface area is 83.9 Å². The molecule has 0 saturated carbocycles. The van der Waals surface area contributed by atoms with Gasteiger partial charge in [-0.05, 0) is 13.0 Å². The molecule has 1 aromatic heterocycles. The number of rotatable bonds is 2. The van der Waals surface area contributed by atoms with Gasteiger partial charge in [-0.15, -0.1) is 0 Å². The molecule has 4 heteroatoms. The summed E-state index contributed by atoms with van der Waals surface area (Å²) in [6.45, 7) is 6.45. The Hall–Kier alpha value is -1.00. The zero-order valence-electron chi connectivity index (χ0n) is 8.44. The molecule has 0 radical (unpaired) electrons. The van der Waals surface area contributed by atoms with Crippen LogP contribution < -0.4 is 0 Å². The summed E-state index contributed by atoms with van der Waals surface area (Å²) in [6.07, 6.45) is 1.82. The molecule has 0 bridgehead atoms. The molecule has 0 atom stereocenters. The lowest BCUT2D eigenvalue weighted by Gasteiger charge is -2.25. The molecule has 0 aromatic carbocycles. The quantitative estimate of drug-likeness (QED) is 0.690. The molecule has 1 saturated heterocycles. The summed E-state index contributed by atoms with van der Waals surface area (Å²) in [4.78, 5) is 10.9. The van der Waals surface area contributed by atoms with Crippen LogP contribution in [-0.2, 0) is 11.3 Å². The van der Waals surface area contributed by atoms with Crippen molar-refractivity contribution in [1.29, 1.82) is 0 Å². The van der Waals surface area contributed by atoms with E-state index < -0.39 is 0 Å². The molecular weight excluding hydrogens is 178 g/mol. The highest BCUT2D eigenvalue weighted by Gasteiger charge is 2.11. The summed E-state index contributed by atoms with van der Waals surface area (Å²) in [5, 5.41) is 0. The smallest absolute Gasteiger partial charge is 0.142 e. The third kappa shape index (κ3) is 2.49. The number of aryl methyl sites for hydroxylation is 1. The maximum Gasteiger partial charge on any atom is 0.142 e. The number of aromatic nitrogens is 2. The van der Waals surface area contributed by atoms with Gasteiger partial charge in [0.25, 0.3) is 0 Å². The number of ether oxygens (including phenoxy) is 1. The number of morpholine rings is 1. The molecular formula is C10H15N3O. The van der Waals surface area contributed by atoms with Crippen LogP contribution in [0.5, 0.6) is 0 Å². The lowest BCUT2D eigenvalue weighted by atomic mass is 10.4. The van der Waals surface area contributed by atoms with Crippen molar-refractivity contribution >= 4 is 0 Å². The van der Waals surface area contributed by atoms with E-state index in [0.29, 0.717) is 0 Å². The van der Waals surface area contributed by atoms with Crippen LogP contribution >= 0.6 is 0 Å². The first-order valence-electron chi connectivity index (χ1n) is 4.93. The molecule has 1 aromatic rings. The van der Waals surface area contributed by atoms with E-state index in [1.807, 2.05) is 19.2 Å². The number of nitrogens with zero attached hydrogens (tertiary/aromatic N) is 3. The van der Waals surface area contributed by atoms with Gasteiger partial charge in [-0.3, -0.25) is 4.90 Å². The van der Waals surface area contributed by atoms with Crippen LogP contribution in [0.2, 0.25) is 0 Å². The van der Waals surface area contributed by atoms with E-state index in [1.54, 1.807) is 0 Å². The Morgan fingerprint density at radius 2 is 2.21 bits per heavy atom. The fourth-order valence-corrected chi connectivity index (χ4v) is 1.54. The molecule has 4 nitrogen and oxygen atoms in total. The summed E-state index contributed by atoms with van der Waals surface area (Å²) < 4.78 is 5.28. The molecule has 14 heavy (non-hydrogen) atoms. The molecule has 2 heterocycles. The van der Waals surface area contributed by atoms with Gasteiger partial charge in [-0.25, -0.2) is 9.97 Å². The van der Waals surface area contributed by atoms with E-state index in [4.69, 9.17) is 4.74 Å². The highest BCUT2D eigenvalue weighted by molar-refractivity contribution is 4.99. The molecule has 0 N–H and O–H groups in total. The van der Waals surface area contributed by atoms with E-state index >= 15 is 0 Å². The first-order chi connectivity index (χ1) is 6.84. The standard InChI is InChI=1S/C10H15N3O/c1-9-2-3-11-10(12-9)8-13-4-6-14-7-5-13/h2-3H,4-8H2,1H3. The van der Waals surface area contributed by atoms with Crippen molar-refractivity contribution in [2.75, 3.05) is 26.3 Å². The largest absolute Gasteiger partial charge is 0.379 e. The normalized spacial score (nSPS) is 18.4. The SMILES string of the molecule is Cc1ccnc(CN2CCOCC2)n1. The number of hydrogen-bond acceptors (Lipinski definition) is 4. The van der Waals surface area contributed by atoms with E-state index in [-0.39, 0.29) is 0 Å². The van der Waals surface area contributed by atoms with Gasteiger partial charge in [0.1, 0.15) is 5.82 Å². The lowest BCUT2D eigenvalue weighted by molar-refractivity contribution is 0.0330. The van der Waals surface area contributed by atoms with E-state index in [0.717, 1.165) is 44.4 Å². The van der Waals surface area contributed by atoms with Gasteiger partial charge in [0, 0.05) is 25.0 Å². The summed E-state index contributed by atoms with van der Waals surface area (Å²) in [5.41, 5.74) is 1.03. The highest BCUT2D eigenvalue weighted by Crippen LogP contribution is 2.02. The molecule has 0 amide bonds. The van der Waals surface area contributed by atoms with Crippen molar-refractivity contribution < 1.29 is 4.74 Å². The molecule has 2 rings (SSSR count). The topological polar surface area (TPSA) is 38.2 Å². The van der Waals surface area contributed by atoms with Crippen molar-refractivity contribution in [2.45, 2.75) is 13.5 Å². The van der Waals surface area contributed by atoms with Crippen molar-refractivity contribution in [3.05, 3.63) is 23.8 Å². The maximum atomic E-state index is 5.28. The zero-order chi connectivity index (χ0) is 9.80. The minimum absolute atomic E-state index is 0.825. The first-order valence-corrected chi connectivity index (χ1v) is 4.93. The number of hydrogen-bond donors (Lipinski definition) is 0. The third-order valence-electron chi connectivity index (χ3n) is 2.31. The first kappa shape index (κ1) is 9.55. The predicted octanol–water partition coefficient (Wildman–Crippen LogP) is 0.617. The van der Waals surface area contributed by atoms with E-state index in [9.17, 15) is 0 Å². The van der Waals surface area contributed by atoms with Gasteiger partial charge in [0.05, 0.1) is 19.8 Å². The summed E-state index contributed by atoms with van der Waals surface area (Å²) >= 11 is 0. The van der Waals surface area contributed by atoms with Crippen LogP contribution in [-0.4, -0.2) is 41.2 Å². The predicted molar refractivity (Wildman–Crippen MR) is 52.9 cm³/mol. The summed E-state index contributed by atoms with van der Waals surface area (Å²) in [7, 11) is 0. The maximum absolute atomic E-state index is 5.28. The lowest BCUT2D eigenvalue weighted by Crippen LogP contribution is -2.36. The molecule has 0 aliphatic carbocycles. The molecule has 1 aliphatic heterocycles. The van der Waals surface area contributed by atoms with Gasteiger partial charge in [-0.1, -0.05) is 0 Å². The second-order valence-electron chi connectivity index (χ2n) is 3.50. The average Bonchev–Trinajstić information content (AvgIpc) is 2.19. The van der Waals surface area contributed by atoms with E-state index in [1.165, 1.54) is 0 Å². The molecule has 0 spiro atoms.